The molecule has 21 heavy (non-hydrogen) atoms. The molecule has 1 aromatic rings. The lowest BCUT2D eigenvalue weighted by molar-refractivity contribution is -0.137. The van der Waals surface area contributed by atoms with Crippen LogP contribution in [0.2, 0.25) is 0 Å². The molecule has 1 spiro atoms. The lowest BCUT2D eigenvalue weighted by Gasteiger charge is -2.43. The average Bonchev–Trinajstić information content (AvgIpc) is 2.89. The third-order valence-electron chi connectivity index (χ3n) is 4.38. The van der Waals surface area contributed by atoms with E-state index in [0.29, 0.717) is 22.1 Å². The third-order valence-corrected chi connectivity index (χ3v) is 5.25. The number of carbonyl (C=O) groups is 2. The van der Waals surface area contributed by atoms with Crippen LogP contribution in [0.3, 0.4) is 0 Å². The predicted molar refractivity (Wildman–Crippen MR) is 85.4 cm³/mol. The molecule has 1 aromatic carbocycles. The zero-order chi connectivity index (χ0) is 15.2. The van der Waals surface area contributed by atoms with Crippen molar-refractivity contribution in [1.29, 1.82) is 0 Å². The van der Waals surface area contributed by atoms with Gasteiger partial charge in [-0.25, -0.2) is 4.39 Å². The summed E-state index contributed by atoms with van der Waals surface area (Å²) in [6.07, 6.45) is 3.24. The molecule has 4 nitrogen and oxygen atoms in total. The summed E-state index contributed by atoms with van der Waals surface area (Å²) >= 11 is 2.00. The van der Waals surface area contributed by atoms with Gasteiger partial charge in [-0.15, -0.1) is 0 Å². The fraction of sp³-hybridized carbons (Fsp3) is 0.467. The Hall–Kier alpha value is -1.18. The number of amides is 2. The van der Waals surface area contributed by atoms with E-state index >= 15 is 0 Å². The molecule has 2 aliphatic rings. The number of carbonyl (C=O) groups excluding carboxylic acids is 2. The highest BCUT2D eigenvalue weighted by Gasteiger charge is 2.51. The summed E-state index contributed by atoms with van der Waals surface area (Å²) in [5.41, 5.74) is -0.156. The Morgan fingerprint density at radius 1 is 1.33 bits per heavy atom. The number of hydrogen-bond acceptors (Lipinski definition) is 2. The monoisotopic (exact) mass is 402 g/mol. The first kappa shape index (κ1) is 14.7. The second-order valence-corrected chi connectivity index (χ2v) is 6.89. The molecule has 1 saturated carbocycles. The number of anilines is 1. The molecule has 1 unspecified atom stereocenters. The van der Waals surface area contributed by atoms with Gasteiger partial charge in [0.15, 0.2) is 0 Å². The predicted octanol–water partition coefficient (Wildman–Crippen LogP) is 2.59. The standard InChI is InChI=1S/C15H16FIN2O2/c1-9-13(20)18-15(6-2-3-7-15)14(21)19(9)12-5-4-10(16)8-11(12)17/h4-5,8-9H,2-3,6-7H2,1H3,(H,18,20). The van der Waals surface area contributed by atoms with Crippen LogP contribution in [0.25, 0.3) is 0 Å². The Balaban J connectivity index is 2.05. The first-order valence-electron chi connectivity index (χ1n) is 7.05. The Bertz CT molecular complexity index is 614. The molecule has 1 aliphatic heterocycles. The van der Waals surface area contributed by atoms with E-state index in [2.05, 4.69) is 5.32 Å². The van der Waals surface area contributed by atoms with Crippen molar-refractivity contribution >= 4 is 40.1 Å². The molecule has 0 aromatic heterocycles. The second-order valence-electron chi connectivity index (χ2n) is 5.73. The van der Waals surface area contributed by atoms with E-state index in [1.54, 1.807) is 13.0 Å². The van der Waals surface area contributed by atoms with Crippen LogP contribution in [0.5, 0.6) is 0 Å². The molecule has 2 fully saturated rings. The summed E-state index contributed by atoms with van der Waals surface area (Å²) in [7, 11) is 0. The smallest absolute Gasteiger partial charge is 0.253 e. The Morgan fingerprint density at radius 3 is 2.62 bits per heavy atom. The van der Waals surface area contributed by atoms with Crippen LogP contribution in [0.15, 0.2) is 18.2 Å². The summed E-state index contributed by atoms with van der Waals surface area (Å²) in [6.45, 7) is 1.70. The third kappa shape index (κ3) is 2.33. The highest BCUT2D eigenvalue weighted by Crippen LogP contribution is 2.37. The van der Waals surface area contributed by atoms with Crippen molar-refractivity contribution in [1.82, 2.24) is 5.32 Å². The molecular formula is C15H16FIN2O2. The fourth-order valence-corrected chi connectivity index (χ4v) is 3.97. The van der Waals surface area contributed by atoms with Crippen molar-refractivity contribution in [3.63, 3.8) is 0 Å². The normalized spacial score (nSPS) is 24.5. The van der Waals surface area contributed by atoms with E-state index in [1.165, 1.54) is 17.0 Å². The summed E-state index contributed by atoms with van der Waals surface area (Å²) in [4.78, 5) is 26.8. The average molecular weight is 402 g/mol. The minimum absolute atomic E-state index is 0.0726. The quantitative estimate of drug-likeness (QED) is 0.735. The number of benzene rings is 1. The number of nitrogens with zero attached hydrogens (tertiary/aromatic N) is 1. The number of nitrogens with one attached hydrogen (secondary N) is 1. The maximum Gasteiger partial charge on any atom is 0.253 e. The fourth-order valence-electron chi connectivity index (χ4n) is 3.23. The molecule has 1 aliphatic carbocycles. The van der Waals surface area contributed by atoms with Gasteiger partial charge in [-0.05, 0) is 60.6 Å². The zero-order valence-corrected chi connectivity index (χ0v) is 13.8. The van der Waals surface area contributed by atoms with Gasteiger partial charge in [0.2, 0.25) is 5.91 Å². The molecule has 0 bridgehead atoms. The van der Waals surface area contributed by atoms with Crippen LogP contribution in [-0.2, 0) is 9.59 Å². The van der Waals surface area contributed by atoms with Gasteiger partial charge >= 0.3 is 0 Å². The molecule has 1 heterocycles. The van der Waals surface area contributed by atoms with E-state index < -0.39 is 11.6 Å². The van der Waals surface area contributed by atoms with Gasteiger partial charge in [0.05, 0.1) is 5.69 Å². The SMILES string of the molecule is CC1C(=O)NC2(CCCC2)C(=O)N1c1ccc(F)cc1I. The minimum atomic E-state index is -0.763. The highest BCUT2D eigenvalue weighted by atomic mass is 127. The van der Waals surface area contributed by atoms with Crippen molar-refractivity contribution in [2.24, 2.45) is 0 Å². The topological polar surface area (TPSA) is 49.4 Å². The Labute approximate surface area is 136 Å². The first-order valence-corrected chi connectivity index (χ1v) is 8.13. The molecule has 0 radical (unpaired) electrons. The van der Waals surface area contributed by atoms with E-state index in [0.717, 1.165) is 12.8 Å². The van der Waals surface area contributed by atoms with E-state index in [4.69, 9.17) is 0 Å². The Kier molecular flexibility index (Phi) is 3.67. The highest BCUT2D eigenvalue weighted by molar-refractivity contribution is 14.1. The minimum Gasteiger partial charge on any atom is -0.340 e. The first-order chi connectivity index (χ1) is 9.94. The number of piperazine rings is 1. The van der Waals surface area contributed by atoms with Gasteiger partial charge in [0.1, 0.15) is 17.4 Å². The molecule has 1 atom stereocenters. The van der Waals surface area contributed by atoms with E-state index in [-0.39, 0.29) is 17.6 Å². The van der Waals surface area contributed by atoms with Crippen molar-refractivity contribution < 1.29 is 14.0 Å². The number of hydrogen-bond donors (Lipinski definition) is 1. The van der Waals surface area contributed by atoms with E-state index in [1.807, 2.05) is 22.6 Å². The van der Waals surface area contributed by atoms with Crippen LogP contribution < -0.4 is 10.2 Å². The van der Waals surface area contributed by atoms with Crippen molar-refractivity contribution in [2.45, 2.75) is 44.2 Å². The summed E-state index contributed by atoms with van der Waals surface area (Å²) in [5, 5.41) is 2.92. The van der Waals surface area contributed by atoms with Gasteiger partial charge < -0.3 is 5.32 Å². The molecule has 1 N–H and O–H groups in total. The van der Waals surface area contributed by atoms with Crippen LogP contribution >= 0.6 is 22.6 Å². The molecule has 6 heteroatoms. The van der Waals surface area contributed by atoms with Crippen LogP contribution in [0.4, 0.5) is 10.1 Å². The maximum absolute atomic E-state index is 13.3. The van der Waals surface area contributed by atoms with Gasteiger partial charge in [-0.2, -0.15) is 0 Å². The van der Waals surface area contributed by atoms with Crippen LogP contribution in [-0.4, -0.2) is 23.4 Å². The van der Waals surface area contributed by atoms with Crippen LogP contribution in [0.1, 0.15) is 32.6 Å². The summed E-state index contributed by atoms with van der Waals surface area (Å²) in [6, 6.07) is 3.70. The van der Waals surface area contributed by atoms with Crippen LogP contribution in [0, 0.1) is 9.39 Å². The molecule has 3 rings (SSSR count). The second kappa shape index (κ2) is 5.23. The zero-order valence-electron chi connectivity index (χ0n) is 11.7. The van der Waals surface area contributed by atoms with Gasteiger partial charge in [-0.1, -0.05) is 12.8 Å². The lowest BCUT2D eigenvalue weighted by Crippen LogP contribution is -2.69. The lowest BCUT2D eigenvalue weighted by atomic mass is 9.90. The molecule has 1 saturated heterocycles. The molecule has 2 amide bonds. The van der Waals surface area contributed by atoms with Crippen molar-refractivity contribution in [3.8, 4) is 0 Å². The number of halogens is 2. The maximum atomic E-state index is 13.3. The van der Waals surface area contributed by atoms with Gasteiger partial charge in [0.25, 0.3) is 5.91 Å². The summed E-state index contributed by atoms with van der Waals surface area (Å²) < 4.78 is 13.9. The largest absolute Gasteiger partial charge is 0.340 e. The van der Waals surface area contributed by atoms with Gasteiger partial charge in [-0.3, -0.25) is 14.5 Å². The summed E-state index contributed by atoms with van der Waals surface area (Å²) in [5.74, 6) is -0.562. The number of rotatable bonds is 1. The molecular weight excluding hydrogens is 386 g/mol. The van der Waals surface area contributed by atoms with Crippen molar-refractivity contribution in [2.75, 3.05) is 4.90 Å². The van der Waals surface area contributed by atoms with Crippen molar-refractivity contribution in [3.05, 3.63) is 27.6 Å². The molecule has 112 valence electrons. The Morgan fingerprint density at radius 2 is 2.00 bits per heavy atom. The van der Waals surface area contributed by atoms with E-state index in [9.17, 15) is 14.0 Å². The van der Waals surface area contributed by atoms with Gasteiger partial charge in [0, 0.05) is 3.57 Å².